The molecule has 1 atom stereocenters. The van der Waals surface area contributed by atoms with Crippen molar-refractivity contribution >= 4 is 39.6 Å². The Bertz CT molecular complexity index is 1210. The van der Waals surface area contributed by atoms with Crippen molar-refractivity contribution in [1.82, 2.24) is 9.55 Å². The third-order valence-electron chi connectivity index (χ3n) is 5.66. The lowest BCUT2D eigenvalue weighted by Gasteiger charge is -2.25. The first-order valence-corrected chi connectivity index (χ1v) is 10.0. The first kappa shape index (κ1) is 19.1. The summed E-state index contributed by atoms with van der Waals surface area (Å²) in [6.07, 6.45) is 4.61. The average Bonchev–Trinajstić information content (AvgIpc) is 3.55. The molecule has 1 aromatic carbocycles. The summed E-state index contributed by atoms with van der Waals surface area (Å²) in [6.45, 7) is -0.820. The van der Waals surface area contributed by atoms with Gasteiger partial charge >= 0.3 is 5.92 Å². The number of rotatable bonds is 3. The lowest BCUT2D eigenvalue weighted by atomic mass is 10.0. The lowest BCUT2D eigenvalue weighted by Crippen LogP contribution is -2.44. The second kappa shape index (κ2) is 6.84. The maximum atomic E-state index is 14.7. The molecule has 1 saturated carbocycles. The van der Waals surface area contributed by atoms with Gasteiger partial charge in [0.25, 0.3) is 5.56 Å². The molecule has 0 saturated heterocycles. The minimum Gasteiger partial charge on any atom is -0.480 e. The van der Waals surface area contributed by atoms with Gasteiger partial charge in [0, 0.05) is 30.5 Å². The molecule has 0 radical (unpaired) electrons. The molecule has 0 spiro atoms. The third-order valence-corrected chi connectivity index (χ3v) is 5.96. The predicted octanol–water partition coefficient (Wildman–Crippen LogP) is 4.55. The number of anilines is 3. The quantitative estimate of drug-likeness (QED) is 0.635. The molecular formula is C21H19ClF2N4O2. The number of aryl methyl sites for hydroxylation is 1. The zero-order valence-corrected chi connectivity index (χ0v) is 16.8. The number of aromatic nitrogens is 2. The molecule has 6 nitrogen and oxygen atoms in total. The van der Waals surface area contributed by atoms with Crippen LogP contribution in [0.1, 0.15) is 12.8 Å². The maximum absolute atomic E-state index is 14.7. The summed E-state index contributed by atoms with van der Waals surface area (Å²) < 4.78 is 36.2. The number of hydrogen-bond acceptors (Lipinski definition) is 5. The number of hydrogen-bond donors (Lipinski definition) is 2. The first-order chi connectivity index (χ1) is 14.3. The van der Waals surface area contributed by atoms with Gasteiger partial charge in [0.2, 0.25) is 5.75 Å². The van der Waals surface area contributed by atoms with Crippen LogP contribution in [-0.2, 0) is 7.05 Å². The minimum absolute atomic E-state index is 0.0769. The summed E-state index contributed by atoms with van der Waals surface area (Å²) in [5.41, 5.74) is 1.83. The fourth-order valence-electron chi connectivity index (χ4n) is 3.92. The van der Waals surface area contributed by atoms with Crippen LogP contribution in [0.25, 0.3) is 10.9 Å². The Morgan fingerprint density at radius 2 is 2.13 bits per heavy atom. The highest BCUT2D eigenvalue weighted by molar-refractivity contribution is 6.33. The van der Waals surface area contributed by atoms with Gasteiger partial charge in [-0.1, -0.05) is 11.6 Å². The van der Waals surface area contributed by atoms with E-state index in [4.69, 9.17) is 16.3 Å². The van der Waals surface area contributed by atoms with E-state index in [0.29, 0.717) is 33.0 Å². The van der Waals surface area contributed by atoms with Crippen molar-refractivity contribution in [3.8, 4) is 5.75 Å². The highest BCUT2D eigenvalue weighted by Gasteiger charge is 2.51. The van der Waals surface area contributed by atoms with Crippen molar-refractivity contribution in [3.05, 3.63) is 52.0 Å². The van der Waals surface area contributed by atoms with E-state index in [2.05, 4.69) is 15.6 Å². The van der Waals surface area contributed by atoms with Crippen molar-refractivity contribution in [2.24, 2.45) is 13.0 Å². The molecule has 0 bridgehead atoms. The number of halogens is 3. The molecule has 30 heavy (non-hydrogen) atoms. The number of nitrogens with one attached hydrogen (secondary N) is 2. The fraction of sp³-hybridized carbons (Fsp3) is 0.333. The molecule has 2 aromatic heterocycles. The normalized spacial score (nSPS) is 20.1. The molecule has 2 N–H and O–H groups in total. The minimum atomic E-state index is -3.07. The highest BCUT2D eigenvalue weighted by atomic mass is 35.5. The highest BCUT2D eigenvalue weighted by Crippen LogP contribution is 2.45. The van der Waals surface area contributed by atoms with Crippen molar-refractivity contribution < 1.29 is 13.5 Å². The van der Waals surface area contributed by atoms with Gasteiger partial charge < -0.3 is 19.9 Å². The van der Waals surface area contributed by atoms with Crippen LogP contribution in [0, 0.1) is 5.92 Å². The van der Waals surface area contributed by atoms with Gasteiger partial charge in [-0.25, -0.2) is 8.78 Å². The van der Waals surface area contributed by atoms with Gasteiger partial charge in [0.1, 0.15) is 0 Å². The molecule has 2 aliphatic rings. The second-order valence-electron chi connectivity index (χ2n) is 7.79. The van der Waals surface area contributed by atoms with Crippen LogP contribution >= 0.6 is 11.6 Å². The van der Waals surface area contributed by atoms with E-state index >= 15 is 0 Å². The van der Waals surface area contributed by atoms with Gasteiger partial charge in [-0.05, 0) is 43.0 Å². The predicted molar refractivity (Wildman–Crippen MR) is 112 cm³/mol. The van der Waals surface area contributed by atoms with Crippen molar-refractivity contribution in [1.29, 1.82) is 0 Å². The molecule has 5 rings (SSSR count). The Kier molecular flexibility index (Phi) is 4.36. The summed E-state index contributed by atoms with van der Waals surface area (Å²) in [4.78, 5) is 16.8. The Balaban J connectivity index is 1.66. The van der Waals surface area contributed by atoms with E-state index in [1.165, 1.54) is 10.8 Å². The van der Waals surface area contributed by atoms with E-state index < -0.39 is 24.1 Å². The van der Waals surface area contributed by atoms with Crippen LogP contribution in [-0.4, -0.2) is 28.1 Å². The summed E-state index contributed by atoms with van der Waals surface area (Å²) >= 11 is 6.18. The fourth-order valence-corrected chi connectivity index (χ4v) is 4.08. The number of ether oxygens (including phenoxy) is 1. The van der Waals surface area contributed by atoms with Gasteiger partial charge in [0.15, 0.2) is 6.61 Å². The Morgan fingerprint density at radius 1 is 1.33 bits per heavy atom. The van der Waals surface area contributed by atoms with Gasteiger partial charge in [-0.15, -0.1) is 0 Å². The number of fused-ring (bicyclic) bond motifs is 3. The summed E-state index contributed by atoms with van der Waals surface area (Å²) in [5.74, 6) is -3.28. The van der Waals surface area contributed by atoms with Crippen LogP contribution in [0.3, 0.4) is 0 Å². The smallest absolute Gasteiger partial charge is 0.301 e. The van der Waals surface area contributed by atoms with Gasteiger partial charge in [-0.3, -0.25) is 9.78 Å². The largest absolute Gasteiger partial charge is 0.480 e. The lowest BCUT2D eigenvalue weighted by molar-refractivity contribution is -0.0579. The first-order valence-electron chi connectivity index (χ1n) is 9.65. The summed E-state index contributed by atoms with van der Waals surface area (Å²) in [5, 5.41) is 7.25. The standard InChI is InChI=1S/C21H19ClF2N4O2/c1-28-16-5-4-12(26-15-6-7-25-9-14(15)22)8-13(16)17-18(20(28)29)30-10-21(23,24)19(27-17)11-2-3-11/h4-9,11,19,27H,2-3,10H2,1H3,(H,25,26)/t19-/m0/s1. The number of nitrogens with zero attached hydrogens (tertiary/aromatic N) is 2. The zero-order chi connectivity index (χ0) is 21.0. The van der Waals surface area contributed by atoms with Crippen molar-refractivity contribution in [3.63, 3.8) is 0 Å². The zero-order valence-electron chi connectivity index (χ0n) is 16.1. The van der Waals surface area contributed by atoms with E-state index in [9.17, 15) is 13.6 Å². The molecule has 0 unspecified atom stereocenters. The Hall–Kier alpha value is -2.87. The van der Waals surface area contributed by atoms with E-state index in [1.54, 1.807) is 37.5 Å². The SMILES string of the molecule is Cn1c(=O)c2c(c3cc(Nc4ccncc4Cl)ccc31)N[C@@H](C1CC1)C(F)(F)CO2. The van der Waals surface area contributed by atoms with Crippen LogP contribution < -0.4 is 20.9 Å². The van der Waals surface area contributed by atoms with Crippen LogP contribution in [0.2, 0.25) is 5.02 Å². The van der Waals surface area contributed by atoms with Crippen LogP contribution in [0.15, 0.2) is 41.5 Å². The monoisotopic (exact) mass is 432 g/mol. The molecule has 3 heterocycles. The van der Waals surface area contributed by atoms with E-state index in [0.717, 1.165) is 12.8 Å². The van der Waals surface area contributed by atoms with Crippen LogP contribution in [0.4, 0.5) is 25.8 Å². The molecule has 3 aromatic rings. The summed E-state index contributed by atoms with van der Waals surface area (Å²) in [6, 6.07) is 6.04. The number of pyridine rings is 2. The topological polar surface area (TPSA) is 68.2 Å². The number of benzene rings is 1. The van der Waals surface area contributed by atoms with Crippen molar-refractivity contribution in [2.45, 2.75) is 24.8 Å². The molecular weight excluding hydrogens is 414 g/mol. The second-order valence-corrected chi connectivity index (χ2v) is 8.20. The third kappa shape index (κ3) is 3.15. The molecule has 1 aliphatic heterocycles. The van der Waals surface area contributed by atoms with E-state index in [-0.39, 0.29) is 11.7 Å². The van der Waals surface area contributed by atoms with Gasteiger partial charge in [0.05, 0.1) is 28.0 Å². The maximum Gasteiger partial charge on any atom is 0.301 e. The molecule has 9 heteroatoms. The average molecular weight is 433 g/mol. The van der Waals surface area contributed by atoms with Crippen molar-refractivity contribution in [2.75, 3.05) is 17.2 Å². The Labute approximate surface area is 175 Å². The molecule has 0 amide bonds. The molecule has 1 aliphatic carbocycles. The number of alkyl halides is 2. The van der Waals surface area contributed by atoms with Crippen LogP contribution in [0.5, 0.6) is 5.75 Å². The summed E-state index contributed by atoms with van der Waals surface area (Å²) in [7, 11) is 1.60. The molecule has 1 fully saturated rings. The van der Waals surface area contributed by atoms with E-state index in [1.807, 2.05) is 0 Å². The Morgan fingerprint density at radius 3 is 2.87 bits per heavy atom. The molecule has 156 valence electrons. The van der Waals surface area contributed by atoms with Gasteiger partial charge in [-0.2, -0.15) is 0 Å².